The van der Waals surface area contributed by atoms with Crippen LogP contribution in [0, 0.1) is 11.8 Å². The number of rotatable bonds is 8. The van der Waals surface area contributed by atoms with E-state index >= 15 is 0 Å². The van der Waals surface area contributed by atoms with Crippen LogP contribution in [0.2, 0.25) is 0 Å². The van der Waals surface area contributed by atoms with Crippen LogP contribution in [-0.4, -0.2) is 28.3 Å². The minimum atomic E-state index is -0.608. The Morgan fingerprint density at radius 2 is 1.70 bits per heavy atom. The average molecular weight is 300 g/mol. The molecule has 20 heavy (non-hydrogen) atoms. The van der Waals surface area contributed by atoms with Gasteiger partial charge in [-0.25, -0.2) is 0 Å². The van der Waals surface area contributed by atoms with Gasteiger partial charge in [-0.2, -0.15) is 0 Å². The van der Waals surface area contributed by atoms with Crippen LogP contribution in [0.25, 0.3) is 0 Å². The van der Waals surface area contributed by atoms with Gasteiger partial charge in [-0.05, 0) is 50.5 Å². The molecule has 2 nitrogen and oxygen atoms in total. The second kappa shape index (κ2) is 9.19. The zero-order chi connectivity index (χ0) is 14.2. The van der Waals surface area contributed by atoms with Crippen molar-refractivity contribution in [1.29, 1.82) is 0 Å². The molecule has 0 spiro atoms. The summed E-state index contributed by atoms with van der Waals surface area (Å²) < 4.78 is 12.5. The highest BCUT2D eigenvalue weighted by molar-refractivity contribution is 7.85. The Hall–Kier alpha value is 0.110. The molecule has 2 atom stereocenters. The van der Waals surface area contributed by atoms with Gasteiger partial charge < -0.3 is 5.32 Å². The first-order valence-corrected chi connectivity index (χ1v) is 10.4. The molecule has 0 bridgehead atoms. The molecule has 0 aromatic carbocycles. The van der Waals surface area contributed by atoms with E-state index in [9.17, 15) is 4.21 Å². The van der Waals surface area contributed by atoms with E-state index in [0.717, 1.165) is 29.9 Å². The summed E-state index contributed by atoms with van der Waals surface area (Å²) in [7, 11) is -0.608. The van der Waals surface area contributed by atoms with Crippen LogP contribution in [0.5, 0.6) is 0 Å². The van der Waals surface area contributed by atoms with Crippen molar-refractivity contribution in [3.05, 3.63) is 0 Å². The van der Waals surface area contributed by atoms with E-state index in [2.05, 4.69) is 12.2 Å². The Kier molecular flexibility index (Phi) is 7.58. The van der Waals surface area contributed by atoms with Gasteiger partial charge in [-0.1, -0.05) is 39.0 Å². The molecule has 0 amide bonds. The zero-order valence-electron chi connectivity index (χ0n) is 13.2. The maximum absolute atomic E-state index is 12.5. The zero-order valence-corrected chi connectivity index (χ0v) is 14.1. The van der Waals surface area contributed by atoms with E-state index < -0.39 is 10.8 Å². The van der Waals surface area contributed by atoms with Gasteiger partial charge in [-0.3, -0.25) is 4.21 Å². The van der Waals surface area contributed by atoms with Crippen molar-refractivity contribution in [1.82, 2.24) is 5.32 Å². The Balaban J connectivity index is 1.80. The lowest BCUT2D eigenvalue weighted by atomic mass is 9.84. The largest absolute Gasteiger partial charge is 0.313 e. The van der Waals surface area contributed by atoms with Crippen molar-refractivity contribution in [2.45, 2.75) is 77.2 Å². The fraction of sp³-hybridized carbons (Fsp3) is 1.00. The Labute approximate surface area is 127 Å². The molecule has 0 aromatic heterocycles. The Morgan fingerprint density at radius 1 is 1.05 bits per heavy atom. The van der Waals surface area contributed by atoms with Crippen LogP contribution in [0.4, 0.5) is 0 Å². The summed E-state index contributed by atoms with van der Waals surface area (Å²) >= 11 is 0. The van der Waals surface area contributed by atoms with E-state index in [0.29, 0.717) is 6.04 Å². The first-order valence-electron chi connectivity index (χ1n) is 8.88. The summed E-state index contributed by atoms with van der Waals surface area (Å²) in [5, 5.41) is 3.70. The van der Waals surface area contributed by atoms with Crippen molar-refractivity contribution in [3.8, 4) is 0 Å². The van der Waals surface area contributed by atoms with E-state index in [-0.39, 0.29) is 0 Å². The van der Waals surface area contributed by atoms with Gasteiger partial charge >= 0.3 is 0 Å². The third-order valence-electron chi connectivity index (χ3n) is 5.14. The molecule has 2 fully saturated rings. The van der Waals surface area contributed by atoms with E-state index in [1.54, 1.807) is 0 Å². The van der Waals surface area contributed by atoms with Crippen LogP contribution < -0.4 is 5.32 Å². The summed E-state index contributed by atoms with van der Waals surface area (Å²) in [4.78, 5) is 0. The third-order valence-corrected chi connectivity index (χ3v) is 6.71. The van der Waals surface area contributed by atoms with E-state index in [1.165, 1.54) is 64.2 Å². The molecule has 0 heterocycles. The van der Waals surface area contributed by atoms with Gasteiger partial charge in [0, 0.05) is 28.3 Å². The Bertz CT molecular complexity index is 283. The second-order valence-electron chi connectivity index (χ2n) is 6.88. The van der Waals surface area contributed by atoms with Crippen LogP contribution in [0.15, 0.2) is 0 Å². The third kappa shape index (κ3) is 5.48. The molecular formula is C17H33NOS. The predicted octanol–water partition coefficient (Wildman–Crippen LogP) is 3.87. The fourth-order valence-electron chi connectivity index (χ4n) is 3.94. The quantitative estimate of drug-likeness (QED) is 0.737. The standard InChI is InChI=1S/C17H33NOS/c1-2-12-18-17(16-10-4-3-5-11-16)14-20(19)13-15-8-6-7-9-15/h15-18H,2-14H2,1H3. The van der Waals surface area contributed by atoms with Gasteiger partial charge in [0.2, 0.25) is 0 Å². The van der Waals surface area contributed by atoms with Gasteiger partial charge in [0.15, 0.2) is 0 Å². The van der Waals surface area contributed by atoms with Crippen LogP contribution in [0.3, 0.4) is 0 Å². The van der Waals surface area contributed by atoms with Crippen molar-refractivity contribution in [2.24, 2.45) is 11.8 Å². The second-order valence-corrected chi connectivity index (χ2v) is 8.43. The Morgan fingerprint density at radius 3 is 2.35 bits per heavy atom. The van der Waals surface area contributed by atoms with Crippen LogP contribution in [-0.2, 0) is 10.8 Å². The highest BCUT2D eigenvalue weighted by Gasteiger charge is 2.26. The molecule has 2 aliphatic carbocycles. The average Bonchev–Trinajstić information content (AvgIpc) is 2.97. The maximum atomic E-state index is 12.5. The molecule has 2 saturated carbocycles. The van der Waals surface area contributed by atoms with Crippen molar-refractivity contribution in [3.63, 3.8) is 0 Å². The molecule has 0 radical (unpaired) electrons. The highest BCUT2D eigenvalue weighted by Crippen LogP contribution is 2.28. The molecule has 118 valence electrons. The number of nitrogens with one attached hydrogen (secondary N) is 1. The lowest BCUT2D eigenvalue weighted by Crippen LogP contribution is -2.42. The smallest absolute Gasteiger partial charge is 0.0391 e. The fourth-order valence-corrected chi connectivity index (χ4v) is 5.72. The van der Waals surface area contributed by atoms with Crippen molar-refractivity contribution >= 4 is 10.8 Å². The molecule has 2 rings (SSSR count). The first kappa shape index (κ1) is 16.5. The molecular weight excluding hydrogens is 266 g/mol. The lowest BCUT2D eigenvalue weighted by Gasteiger charge is -2.31. The predicted molar refractivity (Wildman–Crippen MR) is 88.5 cm³/mol. The number of hydrogen-bond donors (Lipinski definition) is 1. The topological polar surface area (TPSA) is 29.1 Å². The van der Waals surface area contributed by atoms with Gasteiger partial charge in [-0.15, -0.1) is 0 Å². The summed E-state index contributed by atoms with van der Waals surface area (Å²) in [5.74, 6) is 3.41. The summed E-state index contributed by atoms with van der Waals surface area (Å²) in [6, 6.07) is 0.512. The normalized spacial score (nSPS) is 24.9. The molecule has 2 unspecified atom stereocenters. The van der Waals surface area contributed by atoms with E-state index in [4.69, 9.17) is 0 Å². The SMILES string of the molecule is CCCNC(CS(=O)CC1CCCC1)C1CCCCC1. The van der Waals surface area contributed by atoms with Crippen molar-refractivity contribution in [2.75, 3.05) is 18.1 Å². The number of hydrogen-bond acceptors (Lipinski definition) is 2. The summed E-state index contributed by atoms with van der Waals surface area (Å²) in [6.45, 7) is 3.31. The summed E-state index contributed by atoms with van der Waals surface area (Å²) in [6.07, 6.45) is 13.4. The lowest BCUT2D eigenvalue weighted by molar-refractivity contribution is 0.284. The van der Waals surface area contributed by atoms with Crippen molar-refractivity contribution < 1.29 is 4.21 Å². The summed E-state index contributed by atoms with van der Waals surface area (Å²) in [5.41, 5.74) is 0. The molecule has 0 aliphatic heterocycles. The minimum Gasteiger partial charge on any atom is -0.313 e. The van der Waals surface area contributed by atoms with E-state index in [1.807, 2.05) is 0 Å². The molecule has 3 heteroatoms. The van der Waals surface area contributed by atoms with Gasteiger partial charge in [0.25, 0.3) is 0 Å². The van der Waals surface area contributed by atoms with Gasteiger partial charge in [0.05, 0.1) is 0 Å². The monoisotopic (exact) mass is 299 g/mol. The van der Waals surface area contributed by atoms with Crippen LogP contribution in [0.1, 0.15) is 71.1 Å². The molecule has 0 saturated heterocycles. The van der Waals surface area contributed by atoms with Gasteiger partial charge in [0.1, 0.15) is 0 Å². The first-order chi connectivity index (χ1) is 9.79. The molecule has 1 N–H and O–H groups in total. The minimum absolute atomic E-state index is 0.512. The molecule has 0 aromatic rings. The van der Waals surface area contributed by atoms with Crippen LogP contribution >= 0.6 is 0 Å². The highest BCUT2D eigenvalue weighted by atomic mass is 32.2. The molecule has 2 aliphatic rings. The maximum Gasteiger partial charge on any atom is 0.0391 e.